The van der Waals surface area contributed by atoms with E-state index in [1.165, 1.54) is 6.20 Å². The molecule has 2 heterocycles. The second-order valence-corrected chi connectivity index (χ2v) is 5.63. The van der Waals surface area contributed by atoms with Gasteiger partial charge in [0, 0.05) is 24.6 Å². The molecule has 1 aliphatic rings. The fourth-order valence-electron chi connectivity index (χ4n) is 2.43. The van der Waals surface area contributed by atoms with Gasteiger partial charge in [-0.05, 0) is 37.3 Å². The van der Waals surface area contributed by atoms with Crippen molar-refractivity contribution in [3.8, 4) is 0 Å². The van der Waals surface area contributed by atoms with Crippen LogP contribution in [0.25, 0.3) is 0 Å². The summed E-state index contributed by atoms with van der Waals surface area (Å²) in [5.74, 6) is 0.971. The zero-order chi connectivity index (χ0) is 13.9. The maximum Gasteiger partial charge on any atom is 0.416 e. The van der Waals surface area contributed by atoms with E-state index in [1.807, 2.05) is 4.90 Å². The molecule has 1 aromatic rings. The molecule has 1 fully saturated rings. The van der Waals surface area contributed by atoms with Crippen LogP contribution in [0.2, 0.25) is 0 Å². The van der Waals surface area contributed by atoms with Gasteiger partial charge in [-0.2, -0.15) is 13.2 Å². The van der Waals surface area contributed by atoms with E-state index in [2.05, 4.69) is 20.9 Å². The van der Waals surface area contributed by atoms with Crippen LogP contribution in [0.3, 0.4) is 0 Å². The first-order chi connectivity index (χ1) is 9.00. The molecule has 0 spiro atoms. The smallest absolute Gasteiger partial charge is 0.356 e. The molecule has 0 aliphatic carbocycles. The van der Waals surface area contributed by atoms with E-state index in [9.17, 15) is 13.2 Å². The number of nitrogens with zero attached hydrogens (tertiary/aromatic N) is 2. The van der Waals surface area contributed by atoms with E-state index in [-0.39, 0.29) is 0 Å². The number of piperidine rings is 1. The van der Waals surface area contributed by atoms with Gasteiger partial charge in [0.25, 0.3) is 0 Å². The SMILES string of the molecule is FC(F)(F)c1ccnc(N2CCCC(CCBr)C2)c1. The minimum atomic E-state index is -4.30. The zero-order valence-electron chi connectivity index (χ0n) is 10.5. The van der Waals surface area contributed by atoms with Crippen LogP contribution in [0.4, 0.5) is 19.0 Å². The lowest BCUT2D eigenvalue weighted by atomic mass is 9.95. The van der Waals surface area contributed by atoms with E-state index in [1.54, 1.807) is 0 Å². The first-order valence-electron chi connectivity index (χ1n) is 6.35. The number of rotatable bonds is 3. The number of anilines is 1. The minimum absolute atomic E-state index is 0.439. The van der Waals surface area contributed by atoms with Crippen LogP contribution >= 0.6 is 15.9 Å². The molecule has 106 valence electrons. The van der Waals surface area contributed by atoms with E-state index in [0.717, 1.165) is 49.8 Å². The Hall–Kier alpha value is -0.780. The van der Waals surface area contributed by atoms with Gasteiger partial charge in [-0.1, -0.05) is 15.9 Å². The molecule has 0 saturated carbocycles. The molecule has 0 radical (unpaired) electrons. The van der Waals surface area contributed by atoms with E-state index in [4.69, 9.17) is 0 Å². The maximum absolute atomic E-state index is 12.7. The number of hydrogen-bond donors (Lipinski definition) is 0. The van der Waals surface area contributed by atoms with Gasteiger partial charge in [0.1, 0.15) is 5.82 Å². The van der Waals surface area contributed by atoms with Gasteiger partial charge in [0.15, 0.2) is 0 Å². The lowest BCUT2D eigenvalue weighted by Gasteiger charge is -2.33. The molecule has 1 atom stereocenters. The molecule has 6 heteroatoms. The molecule has 0 N–H and O–H groups in total. The number of alkyl halides is 4. The molecule has 2 rings (SSSR count). The first kappa shape index (κ1) is 14.6. The fraction of sp³-hybridized carbons (Fsp3) is 0.615. The first-order valence-corrected chi connectivity index (χ1v) is 7.47. The molecule has 0 bridgehead atoms. The van der Waals surface area contributed by atoms with Crippen molar-refractivity contribution in [3.05, 3.63) is 23.9 Å². The predicted octanol–water partition coefficient (Wildman–Crippen LogP) is 4.10. The summed E-state index contributed by atoms with van der Waals surface area (Å²) in [6.45, 7) is 1.58. The van der Waals surface area contributed by atoms with Gasteiger partial charge in [-0.3, -0.25) is 0 Å². The number of pyridine rings is 1. The number of aromatic nitrogens is 1. The largest absolute Gasteiger partial charge is 0.416 e. The Morgan fingerprint density at radius 3 is 2.89 bits per heavy atom. The van der Waals surface area contributed by atoms with Gasteiger partial charge in [0.2, 0.25) is 0 Å². The van der Waals surface area contributed by atoms with E-state index >= 15 is 0 Å². The Bertz CT molecular complexity index is 421. The van der Waals surface area contributed by atoms with Crippen molar-refractivity contribution in [2.24, 2.45) is 5.92 Å². The Morgan fingerprint density at radius 1 is 1.42 bits per heavy atom. The Morgan fingerprint density at radius 2 is 2.21 bits per heavy atom. The van der Waals surface area contributed by atoms with E-state index in [0.29, 0.717) is 11.7 Å². The third-order valence-electron chi connectivity index (χ3n) is 3.43. The van der Waals surface area contributed by atoms with Crippen molar-refractivity contribution in [2.75, 3.05) is 23.3 Å². The molecule has 1 aliphatic heterocycles. The summed E-state index contributed by atoms with van der Waals surface area (Å²) in [6, 6.07) is 2.17. The minimum Gasteiger partial charge on any atom is -0.356 e. The molecule has 1 saturated heterocycles. The molecule has 0 aromatic carbocycles. The Kier molecular flexibility index (Phi) is 4.71. The molecule has 2 nitrogen and oxygen atoms in total. The topological polar surface area (TPSA) is 16.1 Å². The van der Waals surface area contributed by atoms with Gasteiger partial charge >= 0.3 is 6.18 Å². The third kappa shape index (κ3) is 3.84. The Labute approximate surface area is 119 Å². The van der Waals surface area contributed by atoms with Crippen LogP contribution < -0.4 is 4.90 Å². The monoisotopic (exact) mass is 336 g/mol. The highest BCUT2D eigenvalue weighted by atomic mass is 79.9. The third-order valence-corrected chi connectivity index (χ3v) is 3.89. The van der Waals surface area contributed by atoms with Crippen LogP contribution in [-0.2, 0) is 6.18 Å². The van der Waals surface area contributed by atoms with Crippen molar-refractivity contribution < 1.29 is 13.2 Å². The van der Waals surface area contributed by atoms with Crippen molar-refractivity contribution in [1.82, 2.24) is 4.98 Å². The second-order valence-electron chi connectivity index (χ2n) is 4.83. The van der Waals surface area contributed by atoms with Crippen molar-refractivity contribution in [2.45, 2.75) is 25.4 Å². The molecule has 1 unspecified atom stereocenters. The van der Waals surface area contributed by atoms with Crippen molar-refractivity contribution >= 4 is 21.7 Å². The van der Waals surface area contributed by atoms with Crippen LogP contribution in [0.1, 0.15) is 24.8 Å². The van der Waals surface area contributed by atoms with Crippen LogP contribution in [0.5, 0.6) is 0 Å². The molecule has 19 heavy (non-hydrogen) atoms. The van der Waals surface area contributed by atoms with Gasteiger partial charge < -0.3 is 4.90 Å². The highest BCUT2D eigenvalue weighted by molar-refractivity contribution is 9.09. The quantitative estimate of drug-likeness (QED) is 0.772. The molecule has 1 aromatic heterocycles. The summed E-state index contributed by atoms with van der Waals surface area (Å²) in [6.07, 6.45) is 0.140. The maximum atomic E-state index is 12.7. The summed E-state index contributed by atoms with van der Waals surface area (Å²) in [7, 11) is 0. The fourth-order valence-corrected chi connectivity index (χ4v) is 3.08. The number of hydrogen-bond acceptors (Lipinski definition) is 2. The van der Waals surface area contributed by atoms with E-state index < -0.39 is 11.7 Å². The lowest BCUT2D eigenvalue weighted by molar-refractivity contribution is -0.137. The summed E-state index contributed by atoms with van der Waals surface area (Å²) in [5.41, 5.74) is -0.625. The normalized spacial score (nSPS) is 20.6. The number of halogens is 4. The van der Waals surface area contributed by atoms with Crippen LogP contribution in [0, 0.1) is 5.92 Å². The van der Waals surface area contributed by atoms with Gasteiger partial charge in [-0.15, -0.1) is 0 Å². The molecule has 0 amide bonds. The summed E-state index contributed by atoms with van der Waals surface area (Å²) in [5, 5.41) is 0.932. The summed E-state index contributed by atoms with van der Waals surface area (Å²) < 4.78 is 38.0. The second kappa shape index (κ2) is 6.11. The van der Waals surface area contributed by atoms with Crippen molar-refractivity contribution in [3.63, 3.8) is 0 Å². The lowest BCUT2D eigenvalue weighted by Crippen LogP contribution is -2.36. The Balaban J connectivity index is 2.13. The predicted molar refractivity (Wildman–Crippen MR) is 72.6 cm³/mol. The summed E-state index contributed by atoms with van der Waals surface area (Å²) in [4.78, 5) is 6.05. The molecular formula is C13H16BrF3N2. The summed E-state index contributed by atoms with van der Waals surface area (Å²) >= 11 is 3.42. The van der Waals surface area contributed by atoms with Crippen LogP contribution in [-0.4, -0.2) is 23.4 Å². The average Bonchev–Trinajstić information content (AvgIpc) is 2.39. The molecular weight excluding hydrogens is 321 g/mol. The standard InChI is InChI=1S/C13H16BrF3N2/c14-5-3-10-2-1-7-19(9-10)12-8-11(4-6-18-12)13(15,16)17/h4,6,8,10H,1-3,5,7,9H2. The zero-order valence-corrected chi connectivity index (χ0v) is 12.0. The van der Waals surface area contributed by atoms with Gasteiger partial charge in [-0.25, -0.2) is 4.98 Å². The van der Waals surface area contributed by atoms with Gasteiger partial charge in [0.05, 0.1) is 5.56 Å². The van der Waals surface area contributed by atoms with Crippen molar-refractivity contribution in [1.29, 1.82) is 0 Å². The average molecular weight is 337 g/mol. The van der Waals surface area contributed by atoms with Crippen LogP contribution in [0.15, 0.2) is 18.3 Å². The highest BCUT2D eigenvalue weighted by Crippen LogP contribution is 2.32. The highest BCUT2D eigenvalue weighted by Gasteiger charge is 2.31.